The molecule has 0 heterocycles. The van der Waals surface area contributed by atoms with Crippen molar-refractivity contribution in [2.45, 2.75) is 0 Å². The van der Waals surface area contributed by atoms with Crippen molar-refractivity contribution in [1.29, 1.82) is 0 Å². The fourth-order valence-corrected chi connectivity index (χ4v) is 0. The van der Waals surface area contributed by atoms with E-state index < -0.39 is 0 Å². The summed E-state index contributed by atoms with van der Waals surface area (Å²) in [6.07, 6.45) is 0. The van der Waals surface area contributed by atoms with Crippen LogP contribution in [0.3, 0.4) is 0 Å². The Morgan fingerprint density at radius 1 is 0.375 bits per heavy atom. The summed E-state index contributed by atoms with van der Waals surface area (Å²) >= 11 is 0. The van der Waals surface area contributed by atoms with E-state index >= 15 is 0 Å². The molecule has 0 radical (unpaired) electrons. The molecule has 0 unspecified atom stereocenters. The first-order valence-corrected chi connectivity index (χ1v) is 0. The van der Waals surface area contributed by atoms with E-state index in [1.54, 1.807) is 0 Å². The molecule has 0 bridgehead atoms. The third-order valence-electron chi connectivity index (χ3n) is 0. The normalized spacial score (nSPS) is 0. The van der Waals surface area contributed by atoms with Gasteiger partial charge < -0.3 is 28.2 Å². The molecule has 0 aliphatic carbocycles. The molecule has 8 heavy (non-hydrogen) atoms. The number of hydrogen-bond acceptors (Lipinski definition) is 0. The average Bonchev–Trinajstić information content (AvgIpc) is 0. The molecule has 8 heteroatoms. The second-order valence-electron chi connectivity index (χ2n) is 0. The summed E-state index contributed by atoms with van der Waals surface area (Å²) in [6.45, 7) is 0. The topological polar surface area (TPSA) is 0 Å². The van der Waals surface area contributed by atoms with E-state index in [2.05, 4.69) is 0 Å². The van der Waals surface area contributed by atoms with Gasteiger partial charge in [-0.1, -0.05) is 0 Å². The molecule has 0 aromatic carbocycles. The van der Waals surface area contributed by atoms with Gasteiger partial charge in [0.05, 0.1) is 0 Å². The van der Waals surface area contributed by atoms with E-state index in [1.807, 2.05) is 0 Å². The fraction of sp³-hybridized carbons (Fsp3) is 0. The Labute approximate surface area is 65.0 Å². The zero-order valence-corrected chi connectivity index (χ0v) is 5.93. The third-order valence-corrected chi connectivity index (χ3v) is 0. The fourth-order valence-electron chi connectivity index (χ4n) is 0. The van der Waals surface area contributed by atoms with Gasteiger partial charge in [0.2, 0.25) is 0 Å². The van der Waals surface area contributed by atoms with Crippen LogP contribution in [0.2, 0.25) is 0 Å². The molecule has 0 atom stereocenters. The van der Waals surface area contributed by atoms with Gasteiger partial charge in [-0.2, -0.15) is 0 Å². The minimum atomic E-state index is 0. The Kier molecular flexibility index (Phi) is 132000. The summed E-state index contributed by atoms with van der Waals surface area (Å²) < 4.78 is 0. The van der Waals surface area contributed by atoms with Crippen molar-refractivity contribution in [2.24, 2.45) is 0 Å². The summed E-state index contributed by atoms with van der Waals surface area (Å²) in [4.78, 5) is 0. The van der Waals surface area contributed by atoms with Crippen LogP contribution in [0, 0.1) is 0 Å². The van der Waals surface area contributed by atoms with Gasteiger partial charge in [-0.25, -0.2) is 0 Å². The van der Waals surface area contributed by atoms with Crippen molar-refractivity contribution in [3.05, 3.63) is 0 Å². The van der Waals surface area contributed by atoms with Crippen LogP contribution >= 0.6 is 0 Å². The molecule has 48 valence electrons. The van der Waals surface area contributed by atoms with Crippen LogP contribution in [0.25, 0.3) is 0 Å². The van der Waals surface area contributed by atoms with Crippen LogP contribution in [-0.2, 0) is 26.2 Å². The second kappa shape index (κ2) is 841. The van der Waals surface area contributed by atoms with Gasteiger partial charge in [0.25, 0.3) is 0 Å². The second-order valence-corrected chi connectivity index (χ2v) is 0. The van der Waals surface area contributed by atoms with Crippen molar-refractivity contribution < 1.29 is 54.4 Å². The van der Waals surface area contributed by atoms with Crippen molar-refractivity contribution in [3.63, 3.8) is 0 Å². The summed E-state index contributed by atoms with van der Waals surface area (Å²) in [5.41, 5.74) is 0. The van der Waals surface area contributed by atoms with E-state index in [0.29, 0.717) is 0 Å². The standard InChI is InChI=1S/Be.6FH.Zr/h;6*1H;/q+2;;;;;;;+4/p-6. The van der Waals surface area contributed by atoms with E-state index in [9.17, 15) is 0 Å². The smallest absolute Gasteiger partial charge is 1.00 e. The molecule has 0 nitrogen and oxygen atoms in total. The predicted molar refractivity (Wildman–Crippen MR) is 5.75 cm³/mol. The minimum Gasteiger partial charge on any atom is -1.00 e. The van der Waals surface area contributed by atoms with Gasteiger partial charge in [0.15, 0.2) is 0 Å². The first-order chi connectivity index (χ1) is 0. The van der Waals surface area contributed by atoms with E-state index in [-0.39, 0.29) is 64.6 Å². The van der Waals surface area contributed by atoms with Crippen LogP contribution in [0.15, 0.2) is 0 Å². The molecule has 0 amide bonds. The first-order valence-electron chi connectivity index (χ1n) is 0. The largest absolute Gasteiger partial charge is 4.00 e. The van der Waals surface area contributed by atoms with E-state index in [4.69, 9.17) is 0 Å². The Balaban J connectivity index is 0. The Morgan fingerprint density at radius 3 is 0.375 bits per heavy atom. The predicted octanol–water partition coefficient (Wildman–Crippen LogP) is -18.4. The average molecular weight is 214 g/mol. The van der Waals surface area contributed by atoms with Gasteiger partial charge in [-0.05, 0) is 0 Å². The summed E-state index contributed by atoms with van der Waals surface area (Å²) in [5, 5.41) is 0. The molecule has 0 aliphatic rings. The van der Waals surface area contributed by atoms with Crippen LogP contribution in [0.4, 0.5) is 0 Å². The Hall–Kier alpha value is 0.632. The molecule has 0 aromatic rings. The van der Waals surface area contributed by atoms with Crippen LogP contribution in [0.1, 0.15) is 0 Å². The molecule has 0 saturated heterocycles. The van der Waals surface area contributed by atoms with Crippen molar-refractivity contribution in [1.82, 2.24) is 0 Å². The summed E-state index contributed by atoms with van der Waals surface area (Å²) in [5.74, 6) is 0. The molecular formula is BeF6Zr. The van der Waals surface area contributed by atoms with Gasteiger partial charge in [-0.15, -0.1) is 0 Å². The zero-order chi connectivity index (χ0) is 0. The van der Waals surface area contributed by atoms with Gasteiger partial charge in [-0.3, -0.25) is 0 Å². The minimum absolute atomic E-state index is 0. The molecule has 0 fully saturated rings. The van der Waals surface area contributed by atoms with E-state index in [1.165, 1.54) is 0 Å². The maximum absolute atomic E-state index is 0. The molecular weight excluding hydrogens is 214 g/mol. The number of halogens is 6. The zero-order valence-electron chi connectivity index (χ0n) is 3.47. The summed E-state index contributed by atoms with van der Waals surface area (Å²) in [6, 6.07) is 0. The monoisotopic (exact) mass is 213 g/mol. The first kappa shape index (κ1) is 1260. The van der Waals surface area contributed by atoms with Crippen molar-refractivity contribution in [2.75, 3.05) is 0 Å². The van der Waals surface area contributed by atoms with E-state index in [0.717, 1.165) is 0 Å². The van der Waals surface area contributed by atoms with Gasteiger partial charge in [0, 0.05) is 0 Å². The Bertz CT molecular complexity index is 8.49. The maximum atomic E-state index is 0. The number of hydrogen-bond donors (Lipinski definition) is 0. The van der Waals surface area contributed by atoms with Gasteiger partial charge >= 0.3 is 36.3 Å². The molecule has 0 N–H and O–H groups in total. The molecule has 0 saturated carbocycles. The van der Waals surface area contributed by atoms with Crippen molar-refractivity contribution in [3.8, 4) is 0 Å². The van der Waals surface area contributed by atoms with Crippen LogP contribution < -0.4 is 28.2 Å². The molecule has 0 rings (SSSR count). The molecule has 0 aromatic heterocycles. The van der Waals surface area contributed by atoms with Gasteiger partial charge in [0.1, 0.15) is 0 Å². The molecule has 0 aliphatic heterocycles. The van der Waals surface area contributed by atoms with Crippen molar-refractivity contribution >= 4 is 10.1 Å². The molecule has 0 spiro atoms. The summed E-state index contributed by atoms with van der Waals surface area (Å²) in [7, 11) is 0. The SMILES string of the molecule is [Be+2].[F-].[F-].[F-].[F-].[F-].[F-].[Zr+4]. The number of rotatable bonds is 0. The van der Waals surface area contributed by atoms with Crippen LogP contribution in [-0.4, -0.2) is 10.1 Å². The Morgan fingerprint density at radius 2 is 0.375 bits per heavy atom. The van der Waals surface area contributed by atoms with Crippen LogP contribution in [0.5, 0.6) is 0 Å². The third kappa shape index (κ3) is 527. The quantitative estimate of drug-likeness (QED) is 0.277. The maximum Gasteiger partial charge on any atom is 4.00 e.